The lowest BCUT2D eigenvalue weighted by molar-refractivity contribution is -0.115. The van der Waals surface area contributed by atoms with Gasteiger partial charge in [0.1, 0.15) is 5.75 Å². The molecule has 32 heavy (non-hydrogen) atoms. The fraction of sp³-hybridized carbons (Fsp3) is 0.481. The van der Waals surface area contributed by atoms with Crippen LogP contribution in [0.1, 0.15) is 61.4 Å². The lowest BCUT2D eigenvalue weighted by Crippen LogP contribution is -2.48. The lowest BCUT2D eigenvalue weighted by Gasteiger charge is -2.57. The molecule has 6 rings (SSSR count). The van der Waals surface area contributed by atoms with Crippen LogP contribution in [0.15, 0.2) is 42.5 Å². The van der Waals surface area contributed by atoms with E-state index in [9.17, 15) is 9.59 Å². The van der Waals surface area contributed by atoms with Crippen LogP contribution in [0, 0.1) is 17.8 Å². The number of hydrogen-bond acceptors (Lipinski definition) is 4. The first-order valence-corrected chi connectivity index (χ1v) is 11.6. The minimum absolute atomic E-state index is 0.0718. The van der Waals surface area contributed by atoms with E-state index in [1.807, 2.05) is 12.1 Å². The number of hydrogen-bond donors (Lipinski definition) is 0. The largest absolute Gasteiger partial charge is 0.496 e. The number of amides is 1. The minimum Gasteiger partial charge on any atom is -0.496 e. The molecule has 5 nitrogen and oxygen atoms in total. The summed E-state index contributed by atoms with van der Waals surface area (Å²) in [5.41, 5.74) is 3.45. The van der Waals surface area contributed by atoms with E-state index in [0.717, 1.165) is 34.9 Å². The van der Waals surface area contributed by atoms with E-state index in [4.69, 9.17) is 9.47 Å². The highest BCUT2D eigenvalue weighted by Crippen LogP contribution is 2.62. The Balaban J connectivity index is 1.54. The van der Waals surface area contributed by atoms with Crippen LogP contribution >= 0.6 is 0 Å². The molecule has 1 amide bonds. The number of carbonyl (C=O) groups excluding carboxylic acids is 2. The van der Waals surface area contributed by atoms with Crippen LogP contribution in [0.5, 0.6) is 5.75 Å². The van der Waals surface area contributed by atoms with Gasteiger partial charge in [-0.3, -0.25) is 9.69 Å². The molecule has 4 saturated carbocycles. The molecule has 0 aromatic heterocycles. The predicted octanol–water partition coefficient (Wildman–Crippen LogP) is 5.63. The van der Waals surface area contributed by atoms with E-state index in [-0.39, 0.29) is 17.3 Å². The molecular weight excluding hydrogens is 402 g/mol. The van der Waals surface area contributed by atoms with Crippen molar-refractivity contribution in [3.05, 3.63) is 53.6 Å². The Kier molecular flexibility index (Phi) is 5.23. The van der Waals surface area contributed by atoms with Gasteiger partial charge in [-0.1, -0.05) is 0 Å². The van der Waals surface area contributed by atoms with E-state index in [1.54, 1.807) is 43.2 Å². The quantitative estimate of drug-likeness (QED) is 0.573. The molecule has 4 aliphatic carbocycles. The number of nitrogens with zero attached hydrogens (tertiary/aromatic N) is 1. The zero-order chi connectivity index (χ0) is 22.5. The summed E-state index contributed by atoms with van der Waals surface area (Å²) in [5.74, 6) is 2.94. The summed E-state index contributed by atoms with van der Waals surface area (Å²) < 4.78 is 10.6. The molecule has 0 unspecified atom stereocenters. The maximum Gasteiger partial charge on any atom is 0.337 e. The molecular formula is C27H31NO4. The molecule has 2 aromatic rings. The highest BCUT2D eigenvalue weighted by atomic mass is 16.5. The number of methoxy groups -OCH3 is 2. The SMILES string of the molecule is COC(=O)c1ccc(N(C(C)=O)c2ccc(OC)c(C34CC5CC(CC(C5)C3)C4)c2)cc1. The Hall–Kier alpha value is -2.82. The van der Waals surface area contributed by atoms with Crippen LogP contribution in [0.2, 0.25) is 0 Å². The summed E-state index contributed by atoms with van der Waals surface area (Å²) in [6.45, 7) is 1.57. The van der Waals surface area contributed by atoms with Gasteiger partial charge in [0.15, 0.2) is 0 Å². The van der Waals surface area contributed by atoms with Crippen LogP contribution in [0.3, 0.4) is 0 Å². The van der Waals surface area contributed by atoms with Crippen molar-refractivity contribution in [2.75, 3.05) is 19.1 Å². The second-order valence-corrected chi connectivity index (χ2v) is 9.98. The van der Waals surface area contributed by atoms with Gasteiger partial charge in [0.2, 0.25) is 5.91 Å². The number of rotatable bonds is 5. The van der Waals surface area contributed by atoms with E-state index in [1.165, 1.54) is 51.2 Å². The van der Waals surface area contributed by atoms with Gasteiger partial charge in [-0.25, -0.2) is 4.79 Å². The second kappa shape index (κ2) is 7.95. The first kappa shape index (κ1) is 21.0. The molecule has 4 fully saturated rings. The van der Waals surface area contributed by atoms with E-state index >= 15 is 0 Å². The Morgan fingerprint density at radius 1 is 0.875 bits per heavy atom. The second-order valence-electron chi connectivity index (χ2n) is 9.98. The van der Waals surface area contributed by atoms with Gasteiger partial charge in [-0.05, 0) is 104 Å². The smallest absolute Gasteiger partial charge is 0.337 e. The Bertz CT molecular complexity index is 1010. The molecule has 2 aromatic carbocycles. The van der Waals surface area contributed by atoms with Gasteiger partial charge >= 0.3 is 5.97 Å². The van der Waals surface area contributed by atoms with Crippen molar-refractivity contribution >= 4 is 23.3 Å². The van der Waals surface area contributed by atoms with Crippen molar-refractivity contribution in [2.24, 2.45) is 17.8 Å². The van der Waals surface area contributed by atoms with E-state index in [0.29, 0.717) is 5.56 Å². The van der Waals surface area contributed by atoms with Crippen LogP contribution in [-0.4, -0.2) is 26.1 Å². The average molecular weight is 434 g/mol. The fourth-order valence-corrected chi connectivity index (χ4v) is 7.07. The van der Waals surface area contributed by atoms with Crippen LogP contribution < -0.4 is 9.64 Å². The third-order valence-corrected chi connectivity index (χ3v) is 7.91. The molecule has 4 bridgehead atoms. The summed E-state index contributed by atoms with van der Waals surface area (Å²) in [7, 11) is 3.11. The molecule has 0 saturated heterocycles. The van der Waals surface area contributed by atoms with Crippen LogP contribution in [0.25, 0.3) is 0 Å². The van der Waals surface area contributed by atoms with Crippen LogP contribution in [-0.2, 0) is 14.9 Å². The number of benzene rings is 2. The third-order valence-electron chi connectivity index (χ3n) is 7.91. The van der Waals surface area contributed by atoms with Gasteiger partial charge in [0, 0.05) is 23.9 Å². The molecule has 168 valence electrons. The average Bonchev–Trinajstić information content (AvgIpc) is 2.78. The highest BCUT2D eigenvalue weighted by molar-refractivity contribution is 6.00. The van der Waals surface area contributed by atoms with Crippen molar-refractivity contribution in [1.82, 2.24) is 0 Å². The monoisotopic (exact) mass is 433 g/mol. The summed E-state index contributed by atoms with van der Waals surface area (Å²) in [5, 5.41) is 0. The number of anilines is 2. The van der Waals surface area contributed by atoms with Crippen molar-refractivity contribution < 1.29 is 19.1 Å². The molecule has 0 heterocycles. The fourth-order valence-electron chi connectivity index (χ4n) is 7.07. The molecule has 0 aliphatic heterocycles. The maximum absolute atomic E-state index is 12.7. The minimum atomic E-state index is -0.389. The normalized spacial score (nSPS) is 27.8. The maximum atomic E-state index is 12.7. The first-order chi connectivity index (χ1) is 15.4. The Morgan fingerprint density at radius 2 is 1.44 bits per heavy atom. The predicted molar refractivity (Wildman–Crippen MR) is 123 cm³/mol. The van der Waals surface area contributed by atoms with Gasteiger partial charge in [0.25, 0.3) is 0 Å². The summed E-state index contributed by atoms with van der Waals surface area (Å²) in [6, 6.07) is 13.1. The van der Waals surface area contributed by atoms with Gasteiger partial charge in [-0.15, -0.1) is 0 Å². The number of esters is 1. The molecule has 0 atom stereocenters. The number of ether oxygens (including phenoxy) is 2. The molecule has 4 aliphatic rings. The van der Waals surface area contributed by atoms with Crippen molar-refractivity contribution in [3.8, 4) is 5.75 Å². The van der Waals surface area contributed by atoms with E-state index in [2.05, 4.69) is 6.07 Å². The molecule has 0 radical (unpaired) electrons. The van der Waals surface area contributed by atoms with Crippen molar-refractivity contribution in [1.29, 1.82) is 0 Å². The summed E-state index contributed by atoms with van der Waals surface area (Å²) in [6.07, 6.45) is 7.83. The first-order valence-electron chi connectivity index (χ1n) is 11.6. The highest BCUT2D eigenvalue weighted by Gasteiger charge is 2.52. The third kappa shape index (κ3) is 3.48. The Labute approximate surface area is 189 Å². The molecule has 0 N–H and O–H groups in total. The molecule has 5 heteroatoms. The topological polar surface area (TPSA) is 55.8 Å². The van der Waals surface area contributed by atoms with Gasteiger partial charge in [-0.2, -0.15) is 0 Å². The Morgan fingerprint density at radius 3 is 1.94 bits per heavy atom. The summed E-state index contributed by atoms with van der Waals surface area (Å²) >= 11 is 0. The van der Waals surface area contributed by atoms with Crippen molar-refractivity contribution in [3.63, 3.8) is 0 Å². The number of carbonyl (C=O) groups is 2. The summed E-state index contributed by atoms with van der Waals surface area (Å²) in [4.78, 5) is 26.3. The van der Waals surface area contributed by atoms with Gasteiger partial charge < -0.3 is 9.47 Å². The lowest BCUT2D eigenvalue weighted by atomic mass is 9.48. The van der Waals surface area contributed by atoms with Gasteiger partial charge in [0.05, 0.1) is 19.8 Å². The standard InChI is InChI=1S/C27H31NO4/c1-17(29)28(22-6-4-21(5-7-22)26(30)32-3)23-8-9-25(31-2)24(13-23)27-14-18-10-19(15-27)12-20(11-18)16-27/h4-9,13,18-20H,10-12,14-16H2,1-3H3. The molecule has 0 spiro atoms. The van der Waals surface area contributed by atoms with Crippen molar-refractivity contribution in [2.45, 2.75) is 50.9 Å². The zero-order valence-electron chi connectivity index (χ0n) is 19.1. The van der Waals surface area contributed by atoms with E-state index < -0.39 is 0 Å². The zero-order valence-corrected chi connectivity index (χ0v) is 19.1. The van der Waals surface area contributed by atoms with Crippen LogP contribution in [0.4, 0.5) is 11.4 Å².